The van der Waals surface area contributed by atoms with Gasteiger partial charge in [-0.15, -0.1) is 0 Å². The lowest BCUT2D eigenvalue weighted by atomic mass is 9.98. The molecule has 1 N–H and O–H groups in total. The summed E-state index contributed by atoms with van der Waals surface area (Å²) in [5.41, 5.74) is -0.942. The van der Waals surface area contributed by atoms with Crippen molar-refractivity contribution in [3.8, 4) is 0 Å². The van der Waals surface area contributed by atoms with Crippen molar-refractivity contribution in [2.24, 2.45) is 0 Å². The first-order valence-corrected chi connectivity index (χ1v) is 6.45. The normalized spacial score (nSPS) is 14.7. The molecule has 0 rings (SSSR count). The first-order valence-electron chi connectivity index (χ1n) is 6.45. The maximum atomic E-state index is 11.0. The number of aliphatic hydroxyl groups is 1. The van der Waals surface area contributed by atoms with Crippen molar-refractivity contribution >= 4 is 6.29 Å². The van der Waals surface area contributed by atoms with Gasteiger partial charge in [0.05, 0.1) is 6.61 Å². The first kappa shape index (κ1) is 15.6. The second-order valence-corrected chi connectivity index (χ2v) is 4.35. The van der Waals surface area contributed by atoms with Crippen molar-refractivity contribution in [1.82, 2.24) is 0 Å². The summed E-state index contributed by atoms with van der Waals surface area (Å²) in [5.74, 6) is 0. The summed E-state index contributed by atoms with van der Waals surface area (Å²) < 4.78 is 5.56. The van der Waals surface area contributed by atoms with E-state index in [1.165, 1.54) is 0 Å². The Hall–Kier alpha value is -0.410. The number of hydrogen-bond donors (Lipinski definition) is 1. The Balaban J connectivity index is 3.95. The highest BCUT2D eigenvalue weighted by Crippen LogP contribution is 2.18. The lowest BCUT2D eigenvalue weighted by molar-refractivity contribution is -0.139. The van der Waals surface area contributed by atoms with Gasteiger partial charge in [0.25, 0.3) is 0 Å². The van der Waals surface area contributed by atoms with Gasteiger partial charge in [-0.25, -0.2) is 0 Å². The lowest BCUT2D eigenvalue weighted by Crippen LogP contribution is -2.39. The van der Waals surface area contributed by atoms with Crippen LogP contribution in [0, 0.1) is 0 Å². The maximum absolute atomic E-state index is 11.0. The molecule has 96 valence electrons. The second kappa shape index (κ2) is 9.79. The van der Waals surface area contributed by atoms with Gasteiger partial charge >= 0.3 is 0 Å². The summed E-state index contributed by atoms with van der Waals surface area (Å²) >= 11 is 0. The SMILES string of the molecule is CCCCCOC(C=O)(CO)CCCCC. The van der Waals surface area contributed by atoms with E-state index >= 15 is 0 Å². The molecule has 3 nitrogen and oxygen atoms in total. The number of ether oxygens (including phenoxy) is 1. The summed E-state index contributed by atoms with van der Waals surface area (Å²) in [7, 11) is 0. The van der Waals surface area contributed by atoms with Gasteiger partial charge < -0.3 is 14.6 Å². The zero-order chi connectivity index (χ0) is 12.3. The summed E-state index contributed by atoms with van der Waals surface area (Å²) in [6, 6.07) is 0. The molecule has 0 aliphatic heterocycles. The van der Waals surface area contributed by atoms with Crippen LogP contribution in [0.25, 0.3) is 0 Å². The molecule has 0 radical (unpaired) electrons. The molecule has 16 heavy (non-hydrogen) atoms. The molecule has 1 atom stereocenters. The van der Waals surface area contributed by atoms with Gasteiger partial charge in [-0.2, -0.15) is 0 Å². The van der Waals surface area contributed by atoms with E-state index < -0.39 is 5.60 Å². The number of carbonyl (C=O) groups excluding carboxylic acids is 1. The van der Waals surface area contributed by atoms with Gasteiger partial charge in [-0.1, -0.05) is 46.0 Å². The van der Waals surface area contributed by atoms with E-state index in [2.05, 4.69) is 13.8 Å². The zero-order valence-electron chi connectivity index (χ0n) is 10.7. The minimum Gasteiger partial charge on any atom is -0.393 e. The largest absolute Gasteiger partial charge is 0.393 e. The molecule has 0 bridgehead atoms. The predicted octanol–water partition coefficient (Wildman–Crippen LogP) is 2.70. The highest BCUT2D eigenvalue weighted by molar-refractivity contribution is 5.62. The Kier molecular flexibility index (Phi) is 9.54. The number of carbonyl (C=O) groups is 1. The van der Waals surface area contributed by atoms with Gasteiger partial charge in [0.1, 0.15) is 5.60 Å². The molecular weight excluding hydrogens is 204 g/mol. The van der Waals surface area contributed by atoms with E-state index in [0.29, 0.717) is 13.0 Å². The Morgan fingerprint density at radius 2 is 1.75 bits per heavy atom. The van der Waals surface area contributed by atoms with Crippen LogP contribution < -0.4 is 0 Å². The maximum Gasteiger partial charge on any atom is 0.154 e. The minimum absolute atomic E-state index is 0.202. The fraction of sp³-hybridized carbons (Fsp3) is 0.923. The van der Waals surface area contributed by atoms with E-state index in [4.69, 9.17) is 4.74 Å². The third kappa shape index (κ3) is 6.23. The average molecular weight is 230 g/mol. The standard InChI is InChI=1S/C13H26O3/c1-3-5-7-9-13(11-14,12-15)16-10-8-6-4-2/h11,15H,3-10,12H2,1-2H3. The van der Waals surface area contributed by atoms with Gasteiger partial charge in [-0.3, -0.25) is 0 Å². The topological polar surface area (TPSA) is 46.5 Å². The van der Waals surface area contributed by atoms with E-state index in [1.54, 1.807) is 0 Å². The molecule has 3 heteroatoms. The van der Waals surface area contributed by atoms with Gasteiger partial charge in [0.2, 0.25) is 0 Å². The summed E-state index contributed by atoms with van der Waals surface area (Å²) in [6.45, 7) is 4.61. The Morgan fingerprint density at radius 3 is 2.25 bits per heavy atom. The monoisotopic (exact) mass is 230 g/mol. The molecule has 0 spiro atoms. The number of unbranched alkanes of at least 4 members (excludes halogenated alkanes) is 4. The molecule has 0 aromatic carbocycles. The number of rotatable bonds is 11. The Bertz CT molecular complexity index is 171. The lowest BCUT2D eigenvalue weighted by Gasteiger charge is -2.26. The van der Waals surface area contributed by atoms with Crippen molar-refractivity contribution in [3.05, 3.63) is 0 Å². The molecule has 1 unspecified atom stereocenters. The van der Waals surface area contributed by atoms with Crippen molar-refractivity contribution in [1.29, 1.82) is 0 Å². The van der Waals surface area contributed by atoms with Crippen LogP contribution in [0.15, 0.2) is 0 Å². The number of hydrogen-bond acceptors (Lipinski definition) is 3. The van der Waals surface area contributed by atoms with Crippen molar-refractivity contribution in [2.45, 2.75) is 64.4 Å². The summed E-state index contributed by atoms with van der Waals surface area (Å²) in [6.07, 6.45) is 7.72. The van der Waals surface area contributed by atoms with Crippen LogP contribution in [0.3, 0.4) is 0 Å². The highest BCUT2D eigenvalue weighted by atomic mass is 16.5. The van der Waals surface area contributed by atoms with E-state index in [-0.39, 0.29) is 6.61 Å². The molecule has 0 aromatic heterocycles. The predicted molar refractivity (Wildman–Crippen MR) is 65.5 cm³/mol. The van der Waals surface area contributed by atoms with Crippen molar-refractivity contribution in [3.63, 3.8) is 0 Å². The Morgan fingerprint density at radius 1 is 1.12 bits per heavy atom. The molecule has 0 saturated carbocycles. The fourth-order valence-corrected chi connectivity index (χ4v) is 1.63. The molecule has 0 saturated heterocycles. The van der Waals surface area contributed by atoms with Gasteiger partial charge in [0.15, 0.2) is 6.29 Å². The minimum atomic E-state index is -0.942. The number of aliphatic hydroxyl groups excluding tert-OH is 1. The average Bonchev–Trinajstić information content (AvgIpc) is 2.33. The van der Waals surface area contributed by atoms with Crippen LogP contribution in [0.2, 0.25) is 0 Å². The van der Waals surface area contributed by atoms with Crippen LogP contribution in [0.4, 0.5) is 0 Å². The zero-order valence-corrected chi connectivity index (χ0v) is 10.7. The summed E-state index contributed by atoms with van der Waals surface area (Å²) in [5, 5.41) is 9.28. The van der Waals surface area contributed by atoms with Crippen molar-refractivity contribution in [2.75, 3.05) is 13.2 Å². The van der Waals surface area contributed by atoms with Gasteiger partial charge in [-0.05, 0) is 12.8 Å². The van der Waals surface area contributed by atoms with Crippen molar-refractivity contribution < 1.29 is 14.6 Å². The smallest absolute Gasteiger partial charge is 0.154 e. The fourth-order valence-electron chi connectivity index (χ4n) is 1.63. The molecule has 0 aliphatic carbocycles. The summed E-state index contributed by atoms with van der Waals surface area (Å²) in [4.78, 5) is 11.0. The third-order valence-corrected chi connectivity index (χ3v) is 2.82. The van der Waals surface area contributed by atoms with Crippen LogP contribution in [-0.2, 0) is 9.53 Å². The molecule has 0 fully saturated rings. The molecular formula is C13H26O3. The van der Waals surface area contributed by atoms with Crippen LogP contribution >= 0.6 is 0 Å². The quantitative estimate of drug-likeness (QED) is 0.438. The molecule has 0 heterocycles. The Labute approximate surface area is 99.2 Å². The van der Waals surface area contributed by atoms with Crippen LogP contribution in [0.1, 0.15) is 58.8 Å². The number of aldehydes is 1. The molecule has 0 aromatic rings. The third-order valence-electron chi connectivity index (χ3n) is 2.82. The molecule has 0 aliphatic rings. The first-order chi connectivity index (χ1) is 7.74. The van der Waals surface area contributed by atoms with E-state index in [0.717, 1.165) is 44.8 Å². The highest BCUT2D eigenvalue weighted by Gasteiger charge is 2.28. The van der Waals surface area contributed by atoms with E-state index in [9.17, 15) is 9.90 Å². The van der Waals surface area contributed by atoms with E-state index in [1.807, 2.05) is 0 Å². The van der Waals surface area contributed by atoms with Crippen LogP contribution in [-0.4, -0.2) is 30.2 Å². The molecule has 0 amide bonds. The second-order valence-electron chi connectivity index (χ2n) is 4.35. The van der Waals surface area contributed by atoms with Gasteiger partial charge in [0, 0.05) is 6.61 Å². The van der Waals surface area contributed by atoms with Crippen LogP contribution in [0.5, 0.6) is 0 Å².